The molecule has 1 aromatic heterocycles. The van der Waals surface area contributed by atoms with Crippen LogP contribution in [0.5, 0.6) is 0 Å². The summed E-state index contributed by atoms with van der Waals surface area (Å²) in [6.45, 7) is 3.60. The lowest BCUT2D eigenvalue weighted by Gasteiger charge is -2.26. The van der Waals surface area contributed by atoms with Crippen molar-refractivity contribution >= 4 is 11.7 Å². The number of anilines is 1. The van der Waals surface area contributed by atoms with Crippen molar-refractivity contribution in [3.63, 3.8) is 0 Å². The van der Waals surface area contributed by atoms with Crippen LogP contribution in [0.2, 0.25) is 0 Å². The van der Waals surface area contributed by atoms with Crippen LogP contribution in [0.25, 0.3) is 0 Å². The summed E-state index contributed by atoms with van der Waals surface area (Å²) >= 11 is 0. The average molecular weight is 334 g/mol. The number of rotatable bonds is 3. The number of aromatic amines is 1. The molecule has 2 atom stereocenters. The Morgan fingerprint density at radius 2 is 1.88 bits per heavy atom. The maximum Gasteiger partial charge on any atom is 0.301 e. The highest BCUT2D eigenvalue weighted by Crippen LogP contribution is 2.37. The number of benzene rings is 1. The first-order chi connectivity index (χ1) is 11.3. The van der Waals surface area contributed by atoms with E-state index in [1.165, 1.54) is 16.8 Å². The quantitative estimate of drug-likeness (QED) is 0.656. The first-order valence-electron chi connectivity index (χ1n) is 7.35. The lowest BCUT2D eigenvalue weighted by atomic mass is 9.83. The number of carbonyl (C=O) groups is 1. The van der Waals surface area contributed by atoms with Gasteiger partial charge in [-0.3, -0.25) is 29.5 Å². The van der Waals surface area contributed by atoms with Crippen LogP contribution < -0.4 is 10.9 Å². The summed E-state index contributed by atoms with van der Waals surface area (Å²) in [5.41, 5.74) is -0.0716. The molecule has 0 fully saturated rings. The molecule has 0 spiro atoms. The average Bonchev–Trinajstić information content (AvgIpc) is 2.83. The Labute approximate surface area is 135 Å². The number of fused-ring (bicyclic) bond motifs is 1. The Kier molecular flexibility index (Phi) is 3.70. The second-order valence-corrected chi connectivity index (χ2v) is 5.92. The zero-order valence-electron chi connectivity index (χ0n) is 12.9. The van der Waals surface area contributed by atoms with Crippen molar-refractivity contribution in [1.82, 2.24) is 9.78 Å². The predicted octanol–water partition coefficient (Wildman–Crippen LogP) is 1.63. The minimum absolute atomic E-state index is 0.108. The molecule has 0 saturated carbocycles. The second kappa shape index (κ2) is 5.59. The van der Waals surface area contributed by atoms with E-state index in [0.29, 0.717) is 5.56 Å². The minimum atomic E-state index is -1.66. The molecule has 8 nitrogen and oxygen atoms in total. The zero-order chi connectivity index (χ0) is 17.6. The topological polar surface area (TPSA) is 110 Å². The van der Waals surface area contributed by atoms with Crippen LogP contribution >= 0.6 is 0 Å². The Hall–Kier alpha value is -2.97. The summed E-state index contributed by atoms with van der Waals surface area (Å²) in [7, 11) is 0. The largest absolute Gasteiger partial charge is 0.305 e. The third-order valence-corrected chi connectivity index (χ3v) is 4.07. The number of amides is 1. The van der Waals surface area contributed by atoms with Crippen LogP contribution in [0.1, 0.15) is 36.9 Å². The number of H-pyrrole nitrogens is 1. The van der Waals surface area contributed by atoms with Gasteiger partial charge in [-0.15, -0.1) is 0 Å². The fourth-order valence-corrected chi connectivity index (χ4v) is 3.00. The van der Waals surface area contributed by atoms with E-state index < -0.39 is 34.2 Å². The Morgan fingerprint density at radius 1 is 1.25 bits per heavy atom. The molecule has 1 amide bonds. The molecule has 126 valence electrons. The van der Waals surface area contributed by atoms with Crippen molar-refractivity contribution in [2.45, 2.75) is 31.8 Å². The van der Waals surface area contributed by atoms with Gasteiger partial charge >= 0.3 is 11.9 Å². The minimum Gasteiger partial charge on any atom is -0.305 e. The fraction of sp³-hybridized carbons (Fsp3) is 0.333. The van der Waals surface area contributed by atoms with Crippen LogP contribution in [0.3, 0.4) is 0 Å². The van der Waals surface area contributed by atoms with Gasteiger partial charge in [-0.05, 0) is 31.5 Å². The van der Waals surface area contributed by atoms with Crippen LogP contribution in [0, 0.1) is 15.9 Å². The van der Waals surface area contributed by atoms with Crippen LogP contribution in [0.15, 0.2) is 29.1 Å². The van der Waals surface area contributed by atoms with Crippen molar-refractivity contribution in [2.24, 2.45) is 0 Å². The number of hydrogen-bond acceptors (Lipinski definition) is 4. The number of halogens is 1. The number of nitro groups is 1. The molecule has 9 heteroatoms. The molecule has 24 heavy (non-hydrogen) atoms. The molecule has 0 saturated heterocycles. The summed E-state index contributed by atoms with van der Waals surface area (Å²) in [6.07, 6.45) is 0. The molecule has 3 rings (SSSR count). The molecule has 1 aliphatic rings. The molecule has 0 aliphatic carbocycles. The van der Waals surface area contributed by atoms with E-state index in [2.05, 4.69) is 10.4 Å². The molecule has 1 aliphatic heterocycles. The third-order valence-electron chi connectivity index (χ3n) is 4.07. The molecule has 0 bridgehead atoms. The zero-order valence-corrected chi connectivity index (χ0v) is 12.9. The highest BCUT2D eigenvalue weighted by Gasteiger charge is 2.48. The van der Waals surface area contributed by atoms with E-state index >= 15 is 0 Å². The Morgan fingerprint density at radius 3 is 2.42 bits per heavy atom. The van der Waals surface area contributed by atoms with Gasteiger partial charge in [0.25, 0.3) is 5.56 Å². The van der Waals surface area contributed by atoms with Gasteiger partial charge in [0.1, 0.15) is 11.6 Å². The van der Waals surface area contributed by atoms with Gasteiger partial charge in [0, 0.05) is 11.0 Å². The number of nitrogens with zero attached hydrogens (tertiary/aromatic N) is 2. The molecule has 0 radical (unpaired) electrons. The van der Waals surface area contributed by atoms with Gasteiger partial charge in [-0.1, -0.05) is 12.1 Å². The maximum absolute atomic E-state index is 13.2. The maximum atomic E-state index is 13.2. The molecule has 2 unspecified atom stereocenters. The summed E-state index contributed by atoms with van der Waals surface area (Å²) in [4.78, 5) is 35.4. The van der Waals surface area contributed by atoms with E-state index in [1.54, 1.807) is 13.8 Å². The lowest BCUT2D eigenvalue weighted by Crippen LogP contribution is -2.45. The number of aromatic nitrogens is 2. The van der Waals surface area contributed by atoms with Crippen LogP contribution in [-0.2, 0) is 4.79 Å². The highest BCUT2D eigenvalue weighted by atomic mass is 19.1. The Bertz CT molecular complexity index is 869. The number of hydrogen-bond donors (Lipinski definition) is 2. The monoisotopic (exact) mass is 334 g/mol. The highest BCUT2D eigenvalue weighted by molar-refractivity contribution is 5.97. The van der Waals surface area contributed by atoms with Crippen LogP contribution in [-0.4, -0.2) is 26.7 Å². The van der Waals surface area contributed by atoms with Crippen LogP contribution in [0.4, 0.5) is 10.2 Å². The van der Waals surface area contributed by atoms with E-state index in [0.717, 1.165) is 12.1 Å². The Balaban J connectivity index is 2.27. The van der Waals surface area contributed by atoms with Crippen molar-refractivity contribution in [3.05, 3.63) is 61.7 Å². The molecule has 2 N–H and O–H groups in total. The van der Waals surface area contributed by atoms with Crippen molar-refractivity contribution in [2.75, 3.05) is 5.32 Å². The SMILES string of the molecule is CC(C)n1[nH]c(=O)c2c1NC(=O)C([N+](=O)[O-])C2c1ccc(F)cc1. The summed E-state index contributed by atoms with van der Waals surface area (Å²) in [5.74, 6) is -2.19. The first kappa shape index (κ1) is 15.9. The second-order valence-electron chi connectivity index (χ2n) is 5.92. The van der Waals surface area contributed by atoms with Gasteiger partial charge < -0.3 is 5.32 Å². The summed E-state index contributed by atoms with van der Waals surface area (Å²) < 4.78 is 14.6. The smallest absolute Gasteiger partial charge is 0.301 e. The number of nitrogens with one attached hydrogen (secondary N) is 2. The molecule has 2 aromatic rings. The summed E-state index contributed by atoms with van der Waals surface area (Å²) in [5, 5.41) is 16.5. The standard InChI is InChI=1S/C15H15FN4O4/c1-7(2)19-13-11(14(21)18-19)10(8-3-5-9(16)6-4-8)12(20(23)24)15(22)17-13/h3-7,10,12H,1-2H3,(H,17,22)(H,18,21). The lowest BCUT2D eigenvalue weighted by molar-refractivity contribution is -0.509. The molecule has 1 aromatic carbocycles. The first-order valence-corrected chi connectivity index (χ1v) is 7.35. The van der Waals surface area contributed by atoms with Gasteiger partial charge in [0.05, 0.1) is 11.5 Å². The van der Waals surface area contributed by atoms with Gasteiger partial charge in [0.2, 0.25) is 0 Å². The molecular weight excluding hydrogens is 319 g/mol. The van der Waals surface area contributed by atoms with Crippen molar-refractivity contribution < 1.29 is 14.1 Å². The van der Waals surface area contributed by atoms with E-state index in [4.69, 9.17) is 0 Å². The van der Waals surface area contributed by atoms with Gasteiger partial charge in [-0.2, -0.15) is 0 Å². The summed E-state index contributed by atoms with van der Waals surface area (Å²) in [6, 6.07) is 3.17. The van der Waals surface area contributed by atoms with Crippen molar-refractivity contribution in [1.29, 1.82) is 0 Å². The normalized spacial score (nSPS) is 19.9. The fourth-order valence-electron chi connectivity index (χ4n) is 3.00. The van der Waals surface area contributed by atoms with Gasteiger partial charge in [0.15, 0.2) is 0 Å². The van der Waals surface area contributed by atoms with E-state index in [1.807, 2.05) is 0 Å². The molecule has 2 heterocycles. The predicted molar refractivity (Wildman–Crippen MR) is 83.1 cm³/mol. The van der Waals surface area contributed by atoms with Gasteiger partial charge in [-0.25, -0.2) is 4.39 Å². The third kappa shape index (κ3) is 2.38. The molecular formula is C15H15FN4O4. The van der Waals surface area contributed by atoms with E-state index in [9.17, 15) is 24.1 Å². The number of carbonyl (C=O) groups excluding carboxylic acids is 1. The van der Waals surface area contributed by atoms with E-state index in [-0.39, 0.29) is 17.4 Å². The van der Waals surface area contributed by atoms with Crippen molar-refractivity contribution in [3.8, 4) is 0 Å².